The van der Waals surface area contributed by atoms with Crippen LogP contribution in [-0.4, -0.2) is 0 Å². The molecule has 0 aliphatic rings. The summed E-state index contributed by atoms with van der Waals surface area (Å²) in [5, 5.41) is 0. The molecule has 2 rings (SSSR count). The van der Waals surface area contributed by atoms with Crippen molar-refractivity contribution in [3.63, 3.8) is 0 Å². The van der Waals surface area contributed by atoms with Crippen molar-refractivity contribution in [2.45, 2.75) is 20.5 Å². The molecule has 0 aromatic heterocycles. The van der Waals surface area contributed by atoms with Crippen LogP contribution >= 0.6 is 15.9 Å². The Morgan fingerprint density at radius 2 is 1.88 bits per heavy atom. The summed E-state index contributed by atoms with van der Waals surface area (Å²) in [6, 6.07) is 14.4. The van der Waals surface area contributed by atoms with Crippen LogP contribution in [-0.2, 0) is 6.61 Å². The third-order valence-electron chi connectivity index (χ3n) is 2.61. The summed E-state index contributed by atoms with van der Waals surface area (Å²) in [4.78, 5) is 0. The lowest BCUT2D eigenvalue weighted by molar-refractivity contribution is 0.304. The van der Waals surface area contributed by atoms with Gasteiger partial charge in [0.1, 0.15) is 12.4 Å². The van der Waals surface area contributed by atoms with Crippen molar-refractivity contribution in [3.05, 3.63) is 63.6 Å². The lowest BCUT2D eigenvalue weighted by Crippen LogP contribution is -1.97. The molecule has 0 unspecified atom stereocenters. The van der Waals surface area contributed by atoms with Gasteiger partial charge in [-0.2, -0.15) is 0 Å². The highest BCUT2D eigenvalue weighted by atomic mass is 79.9. The van der Waals surface area contributed by atoms with E-state index >= 15 is 0 Å². The van der Waals surface area contributed by atoms with Crippen molar-refractivity contribution in [2.75, 3.05) is 0 Å². The Bertz CT molecular complexity index is 520. The van der Waals surface area contributed by atoms with Crippen molar-refractivity contribution in [1.29, 1.82) is 0 Å². The van der Waals surface area contributed by atoms with Gasteiger partial charge in [0.25, 0.3) is 0 Å². The van der Waals surface area contributed by atoms with E-state index in [0.29, 0.717) is 6.61 Å². The summed E-state index contributed by atoms with van der Waals surface area (Å²) < 4.78 is 6.89. The predicted octanol–water partition coefficient (Wildman–Crippen LogP) is 4.64. The zero-order chi connectivity index (χ0) is 12.3. The second-order valence-corrected chi connectivity index (χ2v) is 5.10. The molecular weight excluding hydrogens is 276 g/mol. The standard InChI is InChI=1S/C15H15BrO/c1-11-4-3-5-13(8-11)10-17-15-7-6-14(16)9-12(15)2/h3-9H,10H2,1-2H3. The average molecular weight is 291 g/mol. The fourth-order valence-electron chi connectivity index (χ4n) is 1.74. The highest BCUT2D eigenvalue weighted by Gasteiger charge is 2.01. The van der Waals surface area contributed by atoms with Crippen LogP contribution in [0.3, 0.4) is 0 Å². The zero-order valence-electron chi connectivity index (χ0n) is 10.0. The van der Waals surface area contributed by atoms with Crippen molar-refractivity contribution >= 4 is 15.9 Å². The second kappa shape index (κ2) is 5.37. The molecule has 0 aliphatic heterocycles. The molecule has 0 aliphatic carbocycles. The molecule has 0 heterocycles. The minimum Gasteiger partial charge on any atom is -0.489 e. The third-order valence-corrected chi connectivity index (χ3v) is 3.11. The molecule has 0 fully saturated rings. The molecule has 1 nitrogen and oxygen atoms in total. The lowest BCUT2D eigenvalue weighted by Gasteiger charge is -2.09. The molecule has 0 N–H and O–H groups in total. The Balaban J connectivity index is 2.07. The van der Waals surface area contributed by atoms with Crippen LogP contribution in [0.1, 0.15) is 16.7 Å². The molecule has 0 saturated heterocycles. The minimum absolute atomic E-state index is 0.615. The molecule has 17 heavy (non-hydrogen) atoms. The van der Waals surface area contributed by atoms with E-state index in [1.165, 1.54) is 11.1 Å². The largest absolute Gasteiger partial charge is 0.489 e. The van der Waals surface area contributed by atoms with Crippen LogP contribution in [0.2, 0.25) is 0 Å². The number of halogens is 1. The topological polar surface area (TPSA) is 9.23 Å². The van der Waals surface area contributed by atoms with E-state index in [9.17, 15) is 0 Å². The highest BCUT2D eigenvalue weighted by Crippen LogP contribution is 2.23. The first-order valence-corrected chi connectivity index (χ1v) is 6.39. The number of ether oxygens (including phenoxy) is 1. The molecule has 88 valence electrons. The Labute approximate surface area is 111 Å². The van der Waals surface area contributed by atoms with Gasteiger partial charge in [0.2, 0.25) is 0 Å². The normalized spacial score (nSPS) is 10.3. The number of aryl methyl sites for hydroxylation is 2. The van der Waals surface area contributed by atoms with E-state index in [1.807, 2.05) is 12.1 Å². The van der Waals surface area contributed by atoms with Gasteiger partial charge in [-0.3, -0.25) is 0 Å². The molecule has 0 radical (unpaired) electrons. The van der Waals surface area contributed by atoms with Crippen molar-refractivity contribution in [2.24, 2.45) is 0 Å². The fraction of sp³-hybridized carbons (Fsp3) is 0.200. The van der Waals surface area contributed by atoms with E-state index in [4.69, 9.17) is 4.74 Å². The van der Waals surface area contributed by atoms with Gasteiger partial charge >= 0.3 is 0 Å². The first-order valence-electron chi connectivity index (χ1n) is 5.59. The summed E-state index contributed by atoms with van der Waals surface area (Å²) in [6.07, 6.45) is 0. The molecule has 0 atom stereocenters. The number of hydrogen-bond acceptors (Lipinski definition) is 1. The van der Waals surface area contributed by atoms with E-state index in [0.717, 1.165) is 15.8 Å². The van der Waals surface area contributed by atoms with Crippen LogP contribution in [0.4, 0.5) is 0 Å². The number of hydrogen-bond donors (Lipinski definition) is 0. The Hall–Kier alpha value is -1.28. The average Bonchev–Trinajstić information content (AvgIpc) is 2.28. The van der Waals surface area contributed by atoms with Crippen LogP contribution in [0.25, 0.3) is 0 Å². The number of rotatable bonds is 3. The molecule has 2 aromatic rings. The maximum atomic E-state index is 5.81. The van der Waals surface area contributed by atoms with Crippen molar-refractivity contribution in [1.82, 2.24) is 0 Å². The Morgan fingerprint density at radius 1 is 1.06 bits per heavy atom. The first kappa shape index (κ1) is 12.2. The lowest BCUT2D eigenvalue weighted by atomic mass is 10.1. The molecular formula is C15H15BrO. The van der Waals surface area contributed by atoms with Gasteiger partial charge in [-0.1, -0.05) is 45.8 Å². The van der Waals surface area contributed by atoms with Gasteiger partial charge < -0.3 is 4.74 Å². The summed E-state index contributed by atoms with van der Waals surface area (Å²) >= 11 is 3.45. The molecule has 0 amide bonds. The smallest absolute Gasteiger partial charge is 0.122 e. The summed E-state index contributed by atoms with van der Waals surface area (Å²) in [5.41, 5.74) is 3.61. The van der Waals surface area contributed by atoms with Gasteiger partial charge in [0, 0.05) is 4.47 Å². The highest BCUT2D eigenvalue weighted by molar-refractivity contribution is 9.10. The number of benzene rings is 2. The predicted molar refractivity (Wildman–Crippen MR) is 74.4 cm³/mol. The molecule has 2 heteroatoms. The van der Waals surface area contributed by atoms with Gasteiger partial charge in [-0.05, 0) is 43.2 Å². The summed E-state index contributed by atoms with van der Waals surface area (Å²) in [5.74, 6) is 0.940. The maximum absolute atomic E-state index is 5.81. The Morgan fingerprint density at radius 3 is 2.59 bits per heavy atom. The fourth-order valence-corrected chi connectivity index (χ4v) is 2.21. The quantitative estimate of drug-likeness (QED) is 0.800. The Kier molecular flexibility index (Phi) is 3.85. The summed E-state index contributed by atoms with van der Waals surface area (Å²) in [6.45, 7) is 4.76. The maximum Gasteiger partial charge on any atom is 0.122 e. The van der Waals surface area contributed by atoms with Crippen LogP contribution in [0.15, 0.2) is 46.9 Å². The third kappa shape index (κ3) is 3.34. The molecule has 0 spiro atoms. The van der Waals surface area contributed by atoms with Gasteiger partial charge in [0.15, 0.2) is 0 Å². The van der Waals surface area contributed by atoms with Gasteiger partial charge in [-0.25, -0.2) is 0 Å². The van der Waals surface area contributed by atoms with Crippen molar-refractivity contribution < 1.29 is 4.74 Å². The van der Waals surface area contributed by atoms with Crippen LogP contribution < -0.4 is 4.74 Å². The summed E-state index contributed by atoms with van der Waals surface area (Å²) in [7, 11) is 0. The van der Waals surface area contributed by atoms with Gasteiger partial charge in [0.05, 0.1) is 0 Å². The monoisotopic (exact) mass is 290 g/mol. The molecule has 0 saturated carbocycles. The second-order valence-electron chi connectivity index (χ2n) is 4.19. The van der Waals surface area contributed by atoms with E-state index in [1.54, 1.807) is 0 Å². The minimum atomic E-state index is 0.615. The SMILES string of the molecule is Cc1cccc(COc2ccc(Br)cc2C)c1. The van der Waals surface area contributed by atoms with Gasteiger partial charge in [-0.15, -0.1) is 0 Å². The first-order chi connectivity index (χ1) is 8.15. The van der Waals surface area contributed by atoms with Crippen LogP contribution in [0, 0.1) is 13.8 Å². The van der Waals surface area contributed by atoms with E-state index < -0.39 is 0 Å². The molecule has 0 bridgehead atoms. The van der Waals surface area contributed by atoms with Crippen LogP contribution in [0.5, 0.6) is 5.75 Å². The van der Waals surface area contributed by atoms with Crippen molar-refractivity contribution in [3.8, 4) is 5.75 Å². The molecule has 2 aromatic carbocycles. The zero-order valence-corrected chi connectivity index (χ0v) is 11.6. The van der Waals surface area contributed by atoms with E-state index in [2.05, 4.69) is 60.1 Å². The van der Waals surface area contributed by atoms with E-state index in [-0.39, 0.29) is 0 Å².